The number of benzene rings is 3. The van der Waals surface area contributed by atoms with E-state index in [0.717, 1.165) is 45.8 Å². The number of nitrogens with one attached hydrogen (secondary N) is 2. The van der Waals surface area contributed by atoms with Crippen LogP contribution in [0.15, 0.2) is 65.7 Å². The van der Waals surface area contributed by atoms with E-state index in [2.05, 4.69) is 9.71 Å². The van der Waals surface area contributed by atoms with E-state index in [4.69, 9.17) is 0 Å². The van der Waals surface area contributed by atoms with Crippen LogP contribution in [-0.2, 0) is 34.1 Å². The Kier molecular flexibility index (Phi) is 4.38. The number of carbonyl (C=O) groups is 1. The van der Waals surface area contributed by atoms with E-state index in [9.17, 15) is 18.3 Å². The molecule has 0 saturated carbocycles. The predicted octanol–water partition coefficient (Wildman–Crippen LogP) is 3.39. The molecule has 3 N–H and O–H groups in total. The summed E-state index contributed by atoms with van der Waals surface area (Å²) in [5.74, 6) is -1.21. The molecule has 0 fully saturated rings. The minimum atomic E-state index is -4.03. The molecule has 1 aliphatic carbocycles. The molecular formula is C23H20N2O4S. The van der Waals surface area contributed by atoms with Gasteiger partial charge in [0.05, 0.1) is 4.90 Å². The lowest BCUT2D eigenvalue weighted by atomic mass is 10.1. The summed E-state index contributed by atoms with van der Waals surface area (Å²) in [6.07, 6.45) is 3.55. The number of aliphatic carboxylic acids is 1. The molecule has 0 saturated heterocycles. The first-order valence-corrected chi connectivity index (χ1v) is 11.3. The Hall–Kier alpha value is -3.16. The van der Waals surface area contributed by atoms with E-state index < -0.39 is 22.0 Å². The van der Waals surface area contributed by atoms with Gasteiger partial charge >= 0.3 is 5.97 Å². The number of rotatable bonds is 6. The maximum absolute atomic E-state index is 13.2. The summed E-state index contributed by atoms with van der Waals surface area (Å²) in [5, 5.41) is 12.2. The molecule has 0 aliphatic heterocycles. The normalized spacial score (nSPS) is 14.4. The highest BCUT2D eigenvalue weighted by Crippen LogP contribution is 2.34. The third-order valence-electron chi connectivity index (χ3n) is 5.82. The Labute approximate surface area is 173 Å². The van der Waals surface area contributed by atoms with Crippen molar-refractivity contribution in [2.45, 2.75) is 30.2 Å². The van der Waals surface area contributed by atoms with Crippen molar-refractivity contribution in [1.82, 2.24) is 9.71 Å². The minimum Gasteiger partial charge on any atom is -0.480 e. The average molecular weight is 420 g/mol. The monoisotopic (exact) mass is 420 g/mol. The van der Waals surface area contributed by atoms with Gasteiger partial charge in [0.1, 0.15) is 6.04 Å². The van der Waals surface area contributed by atoms with Crippen LogP contribution in [0, 0.1) is 0 Å². The number of hydrogen-bond acceptors (Lipinski definition) is 3. The van der Waals surface area contributed by atoms with Gasteiger partial charge in [0.2, 0.25) is 10.0 Å². The zero-order chi connectivity index (χ0) is 20.9. The van der Waals surface area contributed by atoms with E-state index >= 15 is 0 Å². The fraction of sp³-hybridized carbons (Fsp3) is 0.174. The highest BCUT2D eigenvalue weighted by Gasteiger charge is 2.29. The number of hydrogen-bond donors (Lipinski definition) is 3. The van der Waals surface area contributed by atoms with Crippen molar-refractivity contribution in [3.05, 3.63) is 77.5 Å². The number of aromatic nitrogens is 1. The second-order valence-corrected chi connectivity index (χ2v) is 9.32. The lowest BCUT2D eigenvalue weighted by Crippen LogP contribution is -2.42. The predicted molar refractivity (Wildman–Crippen MR) is 115 cm³/mol. The molecule has 6 nitrogen and oxygen atoms in total. The number of H-pyrrole nitrogens is 1. The highest BCUT2D eigenvalue weighted by atomic mass is 32.2. The molecule has 1 atom stereocenters. The average Bonchev–Trinajstić information content (AvgIpc) is 3.33. The molecule has 0 bridgehead atoms. The first kappa shape index (κ1) is 18.8. The van der Waals surface area contributed by atoms with E-state index in [1.54, 1.807) is 18.3 Å². The van der Waals surface area contributed by atoms with Crippen molar-refractivity contribution < 1.29 is 18.3 Å². The molecule has 0 amide bonds. The molecule has 7 heteroatoms. The fourth-order valence-corrected chi connectivity index (χ4v) is 5.80. The summed E-state index contributed by atoms with van der Waals surface area (Å²) >= 11 is 0. The largest absolute Gasteiger partial charge is 0.480 e. The van der Waals surface area contributed by atoms with Crippen LogP contribution in [0.25, 0.3) is 21.7 Å². The number of carboxylic acid groups (broad SMARTS) is 1. The highest BCUT2D eigenvalue weighted by molar-refractivity contribution is 7.89. The number of carboxylic acids is 1. The van der Waals surface area contributed by atoms with Gasteiger partial charge < -0.3 is 10.1 Å². The summed E-state index contributed by atoms with van der Waals surface area (Å²) in [7, 11) is -4.03. The summed E-state index contributed by atoms with van der Waals surface area (Å²) in [4.78, 5) is 15.1. The third-order valence-corrected chi connectivity index (χ3v) is 7.35. The van der Waals surface area contributed by atoms with Crippen molar-refractivity contribution in [2.75, 3.05) is 0 Å². The van der Waals surface area contributed by atoms with E-state index in [-0.39, 0.29) is 11.3 Å². The van der Waals surface area contributed by atoms with Crippen molar-refractivity contribution in [2.24, 2.45) is 0 Å². The lowest BCUT2D eigenvalue weighted by Gasteiger charge is -2.16. The van der Waals surface area contributed by atoms with Gasteiger partial charge in [-0.25, -0.2) is 8.42 Å². The first-order valence-electron chi connectivity index (χ1n) is 9.77. The zero-order valence-electron chi connectivity index (χ0n) is 16.1. The molecule has 1 aliphatic rings. The number of aromatic amines is 1. The van der Waals surface area contributed by atoms with Crippen molar-refractivity contribution in [1.29, 1.82) is 0 Å². The summed E-state index contributed by atoms with van der Waals surface area (Å²) in [6.45, 7) is 0. The molecule has 5 rings (SSSR count). The Morgan fingerprint density at radius 3 is 2.53 bits per heavy atom. The second kappa shape index (κ2) is 6.97. The number of aryl methyl sites for hydroxylation is 2. The maximum Gasteiger partial charge on any atom is 0.322 e. The Morgan fingerprint density at radius 1 is 1.00 bits per heavy atom. The van der Waals surface area contributed by atoms with Crippen LogP contribution in [0.2, 0.25) is 0 Å². The quantitative estimate of drug-likeness (QED) is 0.445. The molecule has 3 aromatic carbocycles. The Morgan fingerprint density at radius 2 is 1.73 bits per heavy atom. The van der Waals surface area contributed by atoms with E-state index in [1.165, 1.54) is 0 Å². The molecule has 0 spiro atoms. The Bertz CT molecular complexity index is 1400. The van der Waals surface area contributed by atoms with Crippen molar-refractivity contribution in [3.63, 3.8) is 0 Å². The fourth-order valence-electron chi connectivity index (χ4n) is 4.40. The van der Waals surface area contributed by atoms with Gasteiger partial charge in [-0.15, -0.1) is 0 Å². The van der Waals surface area contributed by atoms with Crippen LogP contribution < -0.4 is 4.72 Å². The minimum absolute atomic E-state index is 0.0415. The third kappa shape index (κ3) is 3.07. The topological polar surface area (TPSA) is 99.3 Å². The van der Waals surface area contributed by atoms with Gasteiger partial charge in [0.25, 0.3) is 0 Å². The van der Waals surface area contributed by atoms with Gasteiger partial charge in [0, 0.05) is 28.9 Å². The number of para-hydroxylation sites is 1. The maximum atomic E-state index is 13.2. The van der Waals surface area contributed by atoms with Gasteiger partial charge in [-0.05, 0) is 47.1 Å². The van der Waals surface area contributed by atoms with Gasteiger partial charge in [0.15, 0.2) is 0 Å². The van der Waals surface area contributed by atoms with E-state index in [0.29, 0.717) is 5.39 Å². The molecule has 4 aromatic rings. The standard InChI is InChI=1S/C23H20N2O4S/c26-23(27)20(12-16-13-24-19-7-2-1-5-17(16)19)25-30(28,29)21-11-10-15-9-8-14-4-3-6-18(21)22(14)15/h1-7,10-11,13,20,24-25H,8-9,12H2,(H,26,27)/t20-/m0/s1. The van der Waals surface area contributed by atoms with Crippen molar-refractivity contribution in [3.8, 4) is 0 Å². The zero-order valence-corrected chi connectivity index (χ0v) is 16.9. The smallest absolute Gasteiger partial charge is 0.322 e. The SMILES string of the molecule is O=C(O)[C@H](Cc1c[nH]c2ccccc12)NS(=O)(=O)c1ccc2c3c(cccc13)CC2. The van der Waals surface area contributed by atoms with Gasteiger partial charge in [-0.1, -0.05) is 42.5 Å². The summed E-state index contributed by atoms with van der Waals surface area (Å²) < 4.78 is 28.9. The number of fused-ring (bicyclic) bond motifs is 1. The summed E-state index contributed by atoms with van der Waals surface area (Å²) in [5.41, 5.74) is 3.90. The molecule has 30 heavy (non-hydrogen) atoms. The lowest BCUT2D eigenvalue weighted by molar-refractivity contribution is -0.138. The van der Waals surface area contributed by atoms with Gasteiger partial charge in [-0.3, -0.25) is 4.79 Å². The van der Waals surface area contributed by atoms with Gasteiger partial charge in [-0.2, -0.15) is 4.72 Å². The van der Waals surface area contributed by atoms with Crippen LogP contribution in [0.1, 0.15) is 16.7 Å². The second-order valence-electron chi connectivity index (χ2n) is 7.64. The van der Waals surface area contributed by atoms with Crippen LogP contribution in [0.5, 0.6) is 0 Å². The van der Waals surface area contributed by atoms with Crippen LogP contribution in [0.3, 0.4) is 0 Å². The molecule has 0 radical (unpaired) electrons. The summed E-state index contributed by atoms with van der Waals surface area (Å²) in [6, 6.07) is 15.3. The molecule has 152 valence electrons. The van der Waals surface area contributed by atoms with Crippen LogP contribution in [0.4, 0.5) is 0 Å². The first-order chi connectivity index (χ1) is 14.4. The van der Waals surface area contributed by atoms with E-state index in [1.807, 2.05) is 42.5 Å². The Balaban J connectivity index is 1.51. The van der Waals surface area contributed by atoms with Crippen LogP contribution in [-0.4, -0.2) is 30.5 Å². The molecule has 0 unspecified atom stereocenters. The molecule has 1 aromatic heterocycles. The van der Waals surface area contributed by atoms with Crippen molar-refractivity contribution >= 4 is 37.7 Å². The molecular weight excluding hydrogens is 400 g/mol. The number of sulfonamides is 1. The van der Waals surface area contributed by atoms with Crippen LogP contribution >= 0.6 is 0 Å². The molecule has 1 heterocycles.